The monoisotopic (exact) mass is 295 g/mol. The van der Waals surface area contributed by atoms with Crippen molar-refractivity contribution < 1.29 is 29.0 Å². The summed E-state index contributed by atoms with van der Waals surface area (Å²) in [5, 5.41) is 8.70. The topological polar surface area (TPSA) is 103 Å². The van der Waals surface area contributed by atoms with Gasteiger partial charge in [-0.3, -0.25) is 4.79 Å². The van der Waals surface area contributed by atoms with Crippen molar-refractivity contribution in [3.8, 4) is 0 Å². The Morgan fingerprint density at radius 3 is 1.90 bits per heavy atom. The molecule has 7 heteroatoms. The number of nitrogens with zero attached hydrogens (tertiary/aromatic N) is 1. The molecule has 0 amide bonds. The lowest BCUT2D eigenvalue weighted by Crippen LogP contribution is -2.14. The number of hydrogen-bond acceptors (Lipinski definition) is 6. The third kappa shape index (κ3) is 5.21. The van der Waals surface area contributed by atoms with Gasteiger partial charge in [0.05, 0.1) is 13.2 Å². The van der Waals surface area contributed by atoms with E-state index < -0.39 is 17.9 Å². The van der Waals surface area contributed by atoms with E-state index in [1.165, 1.54) is 12.1 Å². The van der Waals surface area contributed by atoms with E-state index in [2.05, 4.69) is 4.98 Å². The molecule has 114 valence electrons. The first-order valence-electron chi connectivity index (χ1n) is 6.54. The Hall–Kier alpha value is -2.44. The third-order valence-corrected chi connectivity index (χ3v) is 2.48. The van der Waals surface area contributed by atoms with Gasteiger partial charge in [0.15, 0.2) is 0 Å². The molecule has 0 aliphatic heterocycles. The number of carboxylic acid groups (broad SMARTS) is 1. The second-order valence-electron chi connectivity index (χ2n) is 4.08. The van der Waals surface area contributed by atoms with Gasteiger partial charge in [0.2, 0.25) is 0 Å². The summed E-state index contributed by atoms with van der Waals surface area (Å²) < 4.78 is 9.67. The van der Waals surface area contributed by atoms with E-state index in [-0.39, 0.29) is 37.4 Å². The maximum absolute atomic E-state index is 11.7. The van der Waals surface area contributed by atoms with Gasteiger partial charge in [0, 0.05) is 6.42 Å². The van der Waals surface area contributed by atoms with Gasteiger partial charge in [-0.2, -0.15) is 0 Å². The second kappa shape index (κ2) is 7.98. The van der Waals surface area contributed by atoms with Crippen LogP contribution < -0.4 is 0 Å². The standard InChI is InChI=1S/C14H17NO6/c1-3-20-13(18)10-7-9(5-6-12(16)17)8-11(15-10)14(19)21-4-2/h7-8H,3-6H2,1-2H3,(H,16,17). The van der Waals surface area contributed by atoms with E-state index >= 15 is 0 Å². The van der Waals surface area contributed by atoms with Gasteiger partial charge in [0.1, 0.15) is 11.4 Å². The van der Waals surface area contributed by atoms with Crippen LogP contribution in [0.5, 0.6) is 0 Å². The van der Waals surface area contributed by atoms with E-state index in [1.807, 2.05) is 0 Å². The maximum atomic E-state index is 11.7. The summed E-state index contributed by atoms with van der Waals surface area (Å²) in [6.07, 6.45) is 0.0607. The lowest BCUT2D eigenvalue weighted by Gasteiger charge is -2.07. The molecular weight excluding hydrogens is 278 g/mol. The predicted molar refractivity (Wildman–Crippen MR) is 72.1 cm³/mol. The zero-order valence-electron chi connectivity index (χ0n) is 11.9. The highest BCUT2D eigenvalue weighted by molar-refractivity contribution is 5.92. The minimum Gasteiger partial charge on any atom is -0.481 e. The summed E-state index contributed by atoms with van der Waals surface area (Å²) >= 11 is 0. The fourth-order valence-corrected chi connectivity index (χ4v) is 1.60. The van der Waals surface area contributed by atoms with Crippen molar-refractivity contribution in [3.63, 3.8) is 0 Å². The van der Waals surface area contributed by atoms with E-state index in [0.29, 0.717) is 5.56 Å². The van der Waals surface area contributed by atoms with Gasteiger partial charge in [-0.15, -0.1) is 0 Å². The molecule has 0 saturated carbocycles. The molecule has 1 aromatic rings. The molecule has 1 aromatic heterocycles. The van der Waals surface area contributed by atoms with Crippen LogP contribution in [-0.4, -0.2) is 41.2 Å². The Morgan fingerprint density at radius 1 is 1.05 bits per heavy atom. The summed E-state index contributed by atoms with van der Waals surface area (Å²) in [5.41, 5.74) is 0.434. The number of rotatable bonds is 7. The van der Waals surface area contributed by atoms with Gasteiger partial charge in [-0.25, -0.2) is 14.6 Å². The molecule has 0 aliphatic rings. The number of aliphatic carboxylic acids is 1. The Bertz CT molecular complexity index is 504. The number of ether oxygens (including phenoxy) is 2. The smallest absolute Gasteiger partial charge is 0.356 e. The molecule has 21 heavy (non-hydrogen) atoms. The van der Waals surface area contributed by atoms with E-state index in [9.17, 15) is 14.4 Å². The van der Waals surface area contributed by atoms with Crippen LogP contribution in [0.25, 0.3) is 0 Å². The van der Waals surface area contributed by atoms with Gasteiger partial charge < -0.3 is 14.6 Å². The highest BCUT2D eigenvalue weighted by Crippen LogP contribution is 2.11. The van der Waals surface area contributed by atoms with Crippen LogP contribution in [0.2, 0.25) is 0 Å². The van der Waals surface area contributed by atoms with Crippen LogP contribution in [0.1, 0.15) is 46.8 Å². The van der Waals surface area contributed by atoms with E-state index in [4.69, 9.17) is 14.6 Å². The molecule has 0 atom stereocenters. The van der Waals surface area contributed by atoms with Crippen LogP contribution in [0.15, 0.2) is 12.1 Å². The SMILES string of the molecule is CCOC(=O)c1cc(CCC(=O)O)cc(C(=O)OCC)n1. The molecule has 0 aliphatic carbocycles. The molecule has 1 rings (SSSR count). The van der Waals surface area contributed by atoms with Crippen LogP contribution in [-0.2, 0) is 20.7 Å². The molecule has 0 bridgehead atoms. The zero-order valence-corrected chi connectivity index (χ0v) is 11.9. The first kappa shape index (κ1) is 16.6. The fourth-order valence-electron chi connectivity index (χ4n) is 1.60. The average molecular weight is 295 g/mol. The number of carbonyl (C=O) groups is 3. The molecular formula is C14H17NO6. The molecule has 0 spiro atoms. The third-order valence-electron chi connectivity index (χ3n) is 2.48. The minimum absolute atomic E-state index is 0.0391. The second-order valence-corrected chi connectivity index (χ2v) is 4.08. The molecule has 7 nitrogen and oxygen atoms in total. The first-order chi connectivity index (χ1) is 9.97. The molecule has 0 aromatic carbocycles. The summed E-state index contributed by atoms with van der Waals surface area (Å²) in [5.74, 6) is -2.30. The van der Waals surface area contributed by atoms with Crippen molar-refractivity contribution in [1.82, 2.24) is 4.98 Å². The number of hydrogen-bond donors (Lipinski definition) is 1. The van der Waals surface area contributed by atoms with Gasteiger partial charge in [-0.1, -0.05) is 0 Å². The molecule has 0 saturated heterocycles. The number of esters is 2. The van der Waals surface area contributed by atoms with Crippen molar-refractivity contribution in [2.75, 3.05) is 13.2 Å². The van der Waals surface area contributed by atoms with Gasteiger partial charge in [0.25, 0.3) is 0 Å². The molecule has 0 unspecified atom stereocenters. The fraction of sp³-hybridized carbons (Fsp3) is 0.429. The minimum atomic E-state index is -0.970. The number of aromatic nitrogens is 1. The number of carboxylic acids is 1. The van der Waals surface area contributed by atoms with Crippen molar-refractivity contribution in [2.45, 2.75) is 26.7 Å². The van der Waals surface area contributed by atoms with E-state index in [1.54, 1.807) is 13.8 Å². The Morgan fingerprint density at radius 2 is 1.52 bits per heavy atom. The Labute approximate surface area is 121 Å². The predicted octanol–water partition coefficient (Wildman–Crippen LogP) is 1.45. The Balaban J connectivity index is 3.09. The van der Waals surface area contributed by atoms with E-state index in [0.717, 1.165) is 0 Å². The zero-order chi connectivity index (χ0) is 15.8. The summed E-state index contributed by atoms with van der Waals surface area (Å²) in [6, 6.07) is 2.84. The molecule has 0 radical (unpaired) electrons. The summed E-state index contributed by atoms with van der Waals surface area (Å²) in [6.45, 7) is 3.65. The average Bonchev–Trinajstić information content (AvgIpc) is 2.45. The maximum Gasteiger partial charge on any atom is 0.356 e. The van der Waals surface area contributed by atoms with Crippen LogP contribution >= 0.6 is 0 Å². The van der Waals surface area contributed by atoms with Crippen LogP contribution in [0, 0.1) is 0 Å². The first-order valence-corrected chi connectivity index (χ1v) is 6.54. The van der Waals surface area contributed by atoms with Crippen molar-refractivity contribution >= 4 is 17.9 Å². The van der Waals surface area contributed by atoms with Crippen LogP contribution in [0.3, 0.4) is 0 Å². The number of pyridine rings is 1. The largest absolute Gasteiger partial charge is 0.481 e. The van der Waals surface area contributed by atoms with Gasteiger partial charge >= 0.3 is 17.9 Å². The normalized spacial score (nSPS) is 10.0. The lowest BCUT2D eigenvalue weighted by atomic mass is 10.1. The molecule has 1 N–H and O–H groups in total. The molecule has 1 heterocycles. The highest BCUT2D eigenvalue weighted by atomic mass is 16.5. The highest BCUT2D eigenvalue weighted by Gasteiger charge is 2.16. The van der Waals surface area contributed by atoms with Crippen molar-refractivity contribution in [1.29, 1.82) is 0 Å². The van der Waals surface area contributed by atoms with Gasteiger partial charge in [-0.05, 0) is 38.0 Å². The quantitative estimate of drug-likeness (QED) is 0.759. The van der Waals surface area contributed by atoms with Crippen molar-refractivity contribution in [3.05, 3.63) is 29.1 Å². The Kier molecular flexibility index (Phi) is 6.32. The number of carbonyl (C=O) groups excluding carboxylic acids is 2. The van der Waals surface area contributed by atoms with Crippen molar-refractivity contribution in [2.24, 2.45) is 0 Å². The summed E-state index contributed by atoms with van der Waals surface area (Å²) in [7, 11) is 0. The number of aryl methyl sites for hydroxylation is 1. The molecule has 0 fully saturated rings. The lowest BCUT2D eigenvalue weighted by molar-refractivity contribution is -0.136. The summed E-state index contributed by atoms with van der Waals surface area (Å²) in [4.78, 5) is 37.9. The van der Waals surface area contributed by atoms with Crippen LogP contribution in [0.4, 0.5) is 0 Å².